The summed E-state index contributed by atoms with van der Waals surface area (Å²) in [7, 11) is 0. The van der Waals surface area contributed by atoms with Crippen molar-refractivity contribution < 1.29 is 0 Å². The molecule has 0 bridgehead atoms. The van der Waals surface area contributed by atoms with Crippen molar-refractivity contribution in [3.63, 3.8) is 0 Å². The molecule has 1 nitrogen and oxygen atoms in total. The Hall–Kier alpha value is -0.0500. The Labute approximate surface area is 105 Å². The summed E-state index contributed by atoms with van der Waals surface area (Å²) in [6.45, 7) is 4.46. The maximum absolute atomic E-state index is 6.17. The van der Waals surface area contributed by atoms with Gasteiger partial charge < -0.3 is 0 Å². The molecule has 82 valence electrons. The van der Waals surface area contributed by atoms with Gasteiger partial charge in [-0.3, -0.25) is 4.90 Å². The zero-order valence-electron chi connectivity index (χ0n) is 8.84. The van der Waals surface area contributed by atoms with Crippen LogP contribution in [0.25, 0.3) is 0 Å². The molecule has 0 aromatic heterocycles. The van der Waals surface area contributed by atoms with Gasteiger partial charge in [0.2, 0.25) is 0 Å². The molecule has 0 radical (unpaired) electrons. The molecule has 1 aromatic carbocycles. The highest BCUT2D eigenvalue weighted by Gasteiger charge is 2.20. The smallest absolute Gasteiger partial charge is 0.0451 e. The van der Waals surface area contributed by atoms with Gasteiger partial charge in [0.1, 0.15) is 0 Å². The first-order valence-corrected chi connectivity index (χ1v) is 6.52. The molecule has 1 fully saturated rings. The second-order valence-corrected chi connectivity index (χ2v) is 5.52. The highest BCUT2D eigenvalue weighted by atomic mass is 79.9. The van der Waals surface area contributed by atoms with Gasteiger partial charge in [-0.05, 0) is 50.1 Å². The predicted octanol–water partition coefficient (Wildman–Crippen LogP) is 4.09. The van der Waals surface area contributed by atoms with Crippen molar-refractivity contribution in [1.29, 1.82) is 0 Å². The van der Waals surface area contributed by atoms with Crippen molar-refractivity contribution in [2.75, 3.05) is 6.54 Å². The van der Waals surface area contributed by atoms with Crippen molar-refractivity contribution >= 4 is 27.5 Å². The van der Waals surface area contributed by atoms with E-state index in [1.54, 1.807) is 0 Å². The molecule has 1 atom stereocenters. The van der Waals surface area contributed by atoms with Crippen molar-refractivity contribution in [2.24, 2.45) is 0 Å². The molecule has 1 aromatic rings. The van der Waals surface area contributed by atoms with Gasteiger partial charge in [-0.2, -0.15) is 0 Å². The van der Waals surface area contributed by atoms with Crippen LogP contribution < -0.4 is 0 Å². The predicted molar refractivity (Wildman–Crippen MR) is 68.3 cm³/mol. The Morgan fingerprint density at radius 1 is 1.53 bits per heavy atom. The molecule has 1 aliphatic rings. The topological polar surface area (TPSA) is 3.24 Å². The summed E-state index contributed by atoms with van der Waals surface area (Å²) in [5.74, 6) is 0. The molecular weight excluding hydrogens is 273 g/mol. The number of likely N-dealkylation sites (tertiary alicyclic amines) is 1. The Morgan fingerprint density at radius 2 is 2.33 bits per heavy atom. The van der Waals surface area contributed by atoms with Crippen LogP contribution in [0.3, 0.4) is 0 Å². The van der Waals surface area contributed by atoms with Gasteiger partial charge in [0.15, 0.2) is 0 Å². The van der Waals surface area contributed by atoms with Crippen LogP contribution >= 0.6 is 27.5 Å². The maximum Gasteiger partial charge on any atom is 0.0451 e. The Balaban J connectivity index is 2.12. The van der Waals surface area contributed by atoms with E-state index < -0.39 is 0 Å². The highest BCUT2D eigenvalue weighted by Crippen LogP contribution is 2.25. The third-order valence-electron chi connectivity index (χ3n) is 3.07. The molecular formula is C12H15BrClN. The summed E-state index contributed by atoms with van der Waals surface area (Å²) in [6.07, 6.45) is 2.62. The molecule has 1 saturated heterocycles. The SMILES string of the molecule is C[C@@H]1CCCN1Cc1cc(Br)ccc1Cl. The molecule has 1 heterocycles. The molecule has 0 aliphatic carbocycles. The molecule has 3 heteroatoms. The summed E-state index contributed by atoms with van der Waals surface area (Å²) in [5.41, 5.74) is 1.22. The Kier molecular flexibility index (Phi) is 3.70. The summed E-state index contributed by atoms with van der Waals surface area (Å²) < 4.78 is 1.11. The molecule has 0 amide bonds. The van der Waals surface area contributed by atoms with Gasteiger partial charge in [0, 0.05) is 22.1 Å². The van der Waals surface area contributed by atoms with Gasteiger partial charge in [0.05, 0.1) is 0 Å². The molecule has 0 unspecified atom stereocenters. The monoisotopic (exact) mass is 287 g/mol. The zero-order chi connectivity index (χ0) is 10.8. The van der Waals surface area contributed by atoms with E-state index in [4.69, 9.17) is 11.6 Å². The Morgan fingerprint density at radius 3 is 3.00 bits per heavy atom. The average Bonchev–Trinajstić information content (AvgIpc) is 2.58. The van der Waals surface area contributed by atoms with Crippen molar-refractivity contribution in [3.8, 4) is 0 Å². The lowest BCUT2D eigenvalue weighted by Gasteiger charge is -2.21. The lowest BCUT2D eigenvalue weighted by Crippen LogP contribution is -2.26. The van der Waals surface area contributed by atoms with Crippen LogP contribution in [0, 0.1) is 0 Å². The summed E-state index contributed by atoms with van der Waals surface area (Å²) >= 11 is 9.66. The number of rotatable bonds is 2. The molecule has 0 N–H and O–H groups in total. The van der Waals surface area contributed by atoms with Crippen LogP contribution in [0.2, 0.25) is 5.02 Å². The van der Waals surface area contributed by atoms with Crippen LogP contribution in [0.15, 0.2) is 22.7 Å². The van der Waals surface area contributed by atoms with E-state index >= 15 is 0 Å². The Bertz CT molecular complexity index is 353. The second-order valence-electron chi connectivity index (χ2n) is 4.20. The lowest BCUT2D eigenvalue weighted by molar-refractivity contribution is 0.260. The van der Waals surface area contributed by atoms with E-state index in [1.807, 2.05) is 12.1 Å². The summed E-state index contributed by atoms with van der Waals surface area (Å²) in [5, 5.41) is 0.873. The van der Waals surface area contributed by atoms with Gasteiger partial charge >= 0.3 is 0 Å². The molecule has 15 heavy (non-hydrogen) atoms. The first kappa shape index (κ1) is 11.4. The van der Waals surface area contributed by atoms with Crippen molar-refractivity contribution in [2.45, 2.75) is 32.4 Å². The van der Waals surface area contributed by atoms with Crippen LogP contribution in [-0.4, -0.2) is 17.5 Å². The van der Waals surface area contributed by atoms with E-state index in [0.29, 0.717) is 6.04 Å². The fourth-order valence-electron chi connectivity index (χ4n) is 2.11. The first-order chi connectivity index (χ1) is 7.16. The van der Waals surface area contributed by atoms with E-state index in [0.717, 1.165) is 16.0 Å². The first-order valence-electron chi connectivity index (χ1n) is 5.35. The lowest BCUT2D eigenvalue weighted by atomic mass is 10.2. The van der Waals surface area contributed by atoms with Crippen LogP contribution in [0.4, 0.5) is 0 Å². The summed E-state index contributed by atoms with van der Waals surface area (Å²) in [6, 6.07) is 6.76. The largest absolute Gasteiger partial charge is 0.296 e. The van der Waals surface area contributed by atoms with Crippen LogP contribution in [0.5, 0.6) is 0 Å². The minimum atomic E-state index is 0.694. The van der Waals surface area contributed by atoms with Gasteiger partial charge in [-0.1, -0.05) is 27.5 Å². The van der Waals surface area contributed by atoms with Crippen LogP contribution in [0.1, 0.15) is 25.3 Å². The number of halogens is 2. The third-order valence-corrected chi connectivity index (χ3v) is 3.93. The number of hydrogen-bond donors (Lipinski definition) is 0. The van der Waals surface area contributed by atoms with Crippen molar-refractivity contribution in [3.05, 3.63) is 33.3 Å². The summed E-state index contributed by atoms with van der Waals surface area (Å²) in [4.78, 5) is 2.49. The van der Waals surface area contributed by atoms with Crippen LogP contribution in [-0.2, 0) is 6.54 Å². The molecule has 1 aliphatic heterocycles. The highest BCUT2D eigenvalue weighted by molar-refractivity contribution is 9.10. The van der Waals surface area contributed by atoms with E-state index in [9.17, 15) is 0 Å². The normalized spacial score (nSPS) is 22.2. The minimum Gasteiger partial charge on any atom is -0.296 e. The molecule has 2 rings (SSSR count). The standard InChI is InChI=1S/C12H15BrClN/c1-9-3-2-6-15(9)8-10-7-11(13)4-5-12(10)14/h4-5,7,9H,2-3,6,8H2,1H3/t9-/m1/s1. The number of benzene rings is 1. The van der Waals surface area contributed by atoms with Crippen molar-refractivity contribution in [1.82, 2.24) is 4.90 Å². The van der Waals surface area contributed by atoms with Gasteiger partial charge in [-0.15, -0.1) is 0 Å². The number of hydrogen-bond acceptors (Lipinski definition) is 1. The fraction of sp³-hybridized carbons (Fsp3) is 0.500. The zero-order valence-corrected chi connectivity index (χ0v) is 11.2. The van der Waals surface area contributed by atoms with Gasteiger partial charge in [0.25, 0.3) is 0 Å². The van der Waals surface area contributed by atoms with Gasteiger partial charge in [-0.25, -0.2) is 0 Å². The fourth-order valence-corrected chi connectivity index (χ4v) is 2.70. The van der Waals surface area contributed by atoms with E-state index in [2.05, 4.69) is 33.8 Å². The average molecular weight is 289 g/mol. The van der Waals surface area contributed by atoms with E-state index in [1.165, 1.54) is 24.9 Å². The second kappa shape index (κ2) is 4.86. The maximum atomic E-state index is 6.17. The third kappa shape index (κ3) is 2.74. The quantitative estimate of drug-likeness (QED) is 0.792. The van der Waals surface area contributed by atoms with E-state index in [-0.39, 0.29) is 0 Å². The number of nitrogens with zero attached hydrogens (tertiary/aromatic N) is 1. The minimum absolute atomic E-state index is 0.694. The molecule has 0 saturated carbocycles. The molecule has 0 spiro atoms.